The SMILES string of the molecule is CCn1cc(S(=O)(=O)N2CCC3(CC2)C[C@H](NC(C)=O)CN3)c(C)n1. The first-order valence-corrected chi connectivity index (χ1v) is 10.3. The van der Waals surface area contributed by atoms with E-state index < -0.39 is 10.0 Å². The predicted molar refractivity (Wildman–Crippen MR) is 93.6 cm³/mol. The van der Waals surface area contributed by atoms with Gasteiger partial charge >= 0.3 is 0 Å². The molecule has 2 N–H and O–H groups in total. The molecule has 0 bridgehead atoms. The first kappa shape index (κ1) is 18.3. The molecule has 2 saturated heterocycles. The molecule has 3 heterocycles. The van der Waals surface area contributed by atoms with E-state index in [9.17, 15) is 13.2 Å². The van der Waals surface area contributed by atoms with Crippen molar-refractivity contribution < 1.29 is 13.2 Å². The van der Waals surface area contributed by atoms with Crippen molar-refractivity contribution >= 4 is 15.9 Å². The number of carbonyl (C=O) groups is 1. The number of carbonyl (C=O) groups excluding carboxylic acids is 1. The van der Waals surface area contributed by atoms with E-state index >= 15 is 0 Å². The van der Waals surface area contributed by atoms with Crippen LogP contribution >= 0.6 is 0 Å². The average Bonchev–Trinajstić information content (AvgIpc) is 3.11. The maximum absolute atomic E-state index is 12.9. The van der Waals surface area contributed by atoms with E-state index in [0.29, 0.717) is 30.2 Å². The number of amides is 1. The van der Waals surface area contributed by atoms with Gasteiger partial charge in [0.2, 0.25) is 15.9 Å². The minimum Gasteiger partial charge on any atom is -0.352 e. The van der Waals surface area contributed by atoms with Crippen molar-refractivity contribution in [1.82, 2.24) is 24.7 Å². The van der Waals surface area contributed by atoms with Crippen LogP contribution in [-0.2, 0) is 21.4 Å². The van der Waals surface area contributed by atoms with Gasteiger partial charge in [0.05, 0.1) is 5.69 Å². The second-order valence-electron chi connectivity index (χ2n) is 7.10. The van der Waals surface area contributed by atoms with E-state index in [0.717, 1.165) is 25.8 Å². The predicted octanol–water partition coefficient (Wildman–Crippen LogP) is 0.233. The Kier molecular flexibility index (Phi) is 4.91. The summed E-state index contributed by atoms with van der Waals surface area (Å²) in [5, 5.41) is 10.7. The van der Waals surface area contributed by atoms with Crippen LogP contribution in [-0.4, -0.2) is 59.6 Å². The van der Waals surface area contributed by atoms with E-state index in [1.807, 2.05) is 6.92 Å². The largest absolute Gasteiger partial charge is 0.352 e. The number of aromatic nitrogens is 2. The maximum atomic E-state index is 12.9. The zero-order valence-corrected chi connectivity index (χ0v) is 15.9. The Morgan fingerprint density at radius 1 is 1.44 bits per heavy atom. The van der Waals surface area contributed by atoms with Gasteiger partial charge in [-0.1, -0.05) is 0 Å². The van der Waals surface area contributed by atoms with E-state index in [1.54, 1.807) is 22.1 Å². The lowest BCUT2D eigenvalue weighted by Crippen LogP contribution is -2.51. The minimum atomic E-state index is -3.51. The number of aryl methyl sites for hydroxylation is 2. The number of sulfonamides is 1. The molecule has 1 amide bonds. The third kappa shape index (κ3) is 3.58. The fraction of sp³-hybridized carbons (Fsp3) is 0.750. The zero-order valence-electron chi connectivity index (χ0n) is 15.1. The lowest BCUT2D eigenvalue weighted by molar-refractivity contribution is -0.119. The number of piperidine rings is 1. The monoisotopic (exact) mass is 369 g/mol. The first-order chi connectivity index (χ1) is 11.8. The third-order valence-electron chi connectivity index (χ3n) is 5.29. The zero-order chi connectivity index (χ0) is 18.2. The maximum Gasteiger partial charge on any atom is 0.246 e. The molecule has 2 aliphatic rings. The number of nitrogens with zero attached hydrogens (tertiary/aromatic N) is 3. The van der Waals surface area contributed by atoms with Crippen LogP contribution in [0.4, 0.5) is 0 Å². The molecule has 2 fully saturated rings. The van der Waals surface area contributed by atoms with Gasteiger partial charge < -0.3 is 10.6 Å². The van der Waals surface area contributed by atoms with Crippen molar-refractivity contribution in [3.05, 3.63) is 11.9 Å². The molecular formula is C16H27N5O3S. The highest BCUT2D eigenvalue weighted by Gasteiger charge is 2.43. The standard InChI is InChI=1S/C16H27N5O3S/c1-4-20-11-15(12(2)19-20)25(23,24)21-7-5-16(6-8-21)9-14(10-17-16)18-13(3)22/h11,14,17H,4-10H2,1-3H3,(H,18,22)/t14-/m0/s1. The molecule has 0 aliphatic carbocycles. The summed E-state index contributed by atoms with van der Waals surface area (Å²) in [6.45, 7) is 7.56. The summed E-state index contributed by atoms with van der Waals surface area (Å²) in [6, 6.07) is 0.130. The van der Waals surface area contributed by atoms with Gasteiger partial charge in [0.25, 0.3) is 0 Å². The van der Waals surface area contributed by atoms with Crippen LogP contribution in [0.15, 0.2) is 11.1 Å². The Bertz CT molecular complexity index is 750. The Morgan fingerprint density at radius 2 is 2.12 bits per heavy atom. The molecule has 0 aromatic carbocycles. The molecule has 2 aliphatic heterocycles. The fourth-order valence-corrected chi connectivity index (χ4v) is 5.55. The van der Waals surface area contributed by atoms with Crippen LogP contribution in [0.1, 0.15) is 38.8 Å². The van der Waals surface area contributed by atoms with Crippen LogP contribution in [0, 0.1) is 6.92 Å². The molecule has 0 unspecified atom stereocenters. The molecule has 1 aromatic rings. The van der Waals surface area contributed by atoms with E-state index in [-0.39, 0.29) is 17.5 Å². The molecule has 9 heteroatoms. The Balaban J connectivity index is 1.67. The number of hydrogen-bond donors (Lipinski definition) is 2. The van der Waals surface area contributed by atoms with Gasteiger partial charge in [-0.15, -0.1) is 0 Å². The van der Waals surface area contributed by atoms with Crippen molar-refractivity contribution in [1.29, 1.82) is 0 Å². The summed E-state index contributed by atoms with van der Waals surface area (Å²) in [7, 11) is -3.51. The molecule has 1 atom stereocenters. The van der Waals surface area contributed by atoms with Crippen molar-refractivity contribution in [2.75, 3.05) is 19.6 Å². The number of rotatable bonds is 4. The second kappa shape index (κ2) is 6.69. The fourth-order valence-electron chi connectivity index (χ4n) is 3.93. The second-order valence-corrected chi connectivity index (χ2v) is 9.01. The smallest absolute Gasteiger partial charge is 0.246 e. The van der Waals surface area contributed by atoms with E-state index in [1.165, 1.54) is 6.92 Å². The molecule has 140 valence electrons. The molecule has 0 saturated carbocycles. The number of hydrogen-bond acceptors (Lipinski definition) is 5. The van der Waals surface area contributed by atoms with Crippen LogP contribution < -0.4 is 10.6 Å². The Morgan fingerprint density at radius 3 is 2.68 bits per heavy atom. The summed E-state index contributed by atoms with van der Waals surface area (Å²) in [4.78, 5) is 11.5. The normalized spacial score (nSPS) is 23.9. The topological polar surface area (TPSA) is 96.3 Å². The molecule has 1 spiro atoms. The molecule has 1 aromatic heterocycles. The van der Waals surface area contributed by atoms with Gasteiger partial charge in [-0.2, -0.15) is 9.40 Å². The Labute approximate surface area is 149 Å². The highest BCUT2D eigenvalue weighted by atomic mass is 32.2. The first-order valence-electron chi connectivity index (χ1n) is 8.82. The van der Waals surface area contributed by atoms with Crippen LogP contribution in [0.5, 0.6) is 0 Å². The van der Waals surface area contributed by atoms with Crippen LogP contribution in [0.2, 0.25) is 0 Å². The molecule has 8 nitrogen and oxygen atoms in total. The lowest BCUT2D eigenvalue weighted by atomic mass is 9.86. The van der Waals surface area contributed by atoms with Crippen molar-refractivity contribution in [2.45, 2.75) is 63.1 Å². The van der Waals surface area contributed by atoms with Gasteiger partial charge in [0.15, 0.2) is 0 Å². The van der Waals surface area contributed by atoms with Gasteiger partial charge in [0.1, 0.15) is 4.90 Å². The number of nitrogens with one attached hydrogen (secondary N) is 2. The molecule has 0 radical (unpaired) electrons. The summed E-state index contributed by atoms with van der Waals surface area (Å²) in [5.74, 6) is -0.0210. The molecule has 25 heavy (non-hydrogen) atoms. The van der Waals surface area contributed by atoms with E-state index in [2.05, 4.69) is 15.7 Å². The lowest BCUT2D eigenvalue weighted by Gasteiger charge is -2.38. The van der Waals surface area contributed by atoms with Crippen molar-refractivity contribution in [3.8, 4) is 0 Å². The average molecular weight is 369 g/mol. The summed E-state index contributed by atoms with van der Waals surface area (Å²) in [5.41, 5.74) is 0.480. The van der Waals surface area contributed by atoms with Crippen LogP contribution in [0.3, 0.4) is 0 Å². The third-order valence-corrected chi connectivity index (χ3v) is 7.29. The van der Waals surface area contributed by atoms with Gasteiger partial charge in [-0.3, -0.25) is 9.48 Å². The summed E-state index contributed by atoms with van der Waals surface area (Å²) >= 11 is 0. The minimum absolute atomic E-state index is 0.0210. The van der Waals surface area contributed by atoms with Crippen molar-refractivity contribution in [3.63, 3.8) is 0 Å². The molecular weight excluding hydrogens is 342 g/mol. The van der Waals surface area contributed by atoms with Gasteiger partial charge in [0, 0.05) is 50.9 Å². The summed E-state index contributed by atoms with van der Waals surface area (Å²) in [6.07, 6.45) is 3.98. The van der Waals surface area contributed by atoms with Crippen LogP contribution in [0.25, 0.3) is 0 Å². The van der Waals surface area contributed by atoms with E-state index in [4.69, 9.17) is 0 Å². The van der Waals surface area contributed by atoms with Gasteiger partial charge in [-0.25, -0.2) is 8.42 Å². The highest BCUT2D eigenvalue weighted by molar-refractivity contribution is 7.89. The quantitative estimate of drug-likeness (QED) is 0.792. The highest BCUT2D eigenvalue weighted by Crippen LogP contribution is 2.33. The molecule has 3 rings (SSSR count). The summed E-state index contributed by atoms with van der Waals surface area (Å²) < 4.78 is 29.1. The van der Waals surface area contributed by atoms with Crippen molar-refractivity contribution in [2.24, 2.45) is 0 Å². The van der Waals surface area contributed by atoms with Gasteiger partial charge in [-0.05, 0) is 33.1 Å². The Hall–Kier alpha value is -1.45.